The Morgan fingerprint density at radius 2 is 2.04 bits per heavy atom. The van der Waals surface area contributed by atoms with Gasteiger partial charge in [0.05, 0.1) is 35.8 Å². The molecule has 27 heavy (non-hydrogen) atoms. The number of carbonyl (C=O) groups excluding carboxylic acids is 1. The van der Waals surface area contributed by atoms with Crippen molar-refractivity contribution in [1.29, 1.82) is 0 Å². The summed E-state index contributed by atoms with van der Waals surface area (Å²) in [6.45, 7) is 4.09. The molecule has 0 aliphatic heterocycles. The van der Waals surface area contributed by atoms with Crippen molar-refractivity contribution in [2.75, 3.05) is 7.11 Å². The molecule has 0 atom stereocenters. The Hall–Kier alpha value is -2.73. The number of rotatable bonds is 6. The van der Waals surface area contributed by atoms with Crippen LogP contribution >= 0.6 is 11.6 Å². The van der Waals surface area contributed by atoms with Gasteiger partial charge in [-0.2, -0.15) is 0 Å². The van der Waals surface area contributed by atoms with Crippen LogP contribution in [0, 0.1) is 0 Å². The zero-order valence-corrected chi connectivity index (χ0v) is 16.5. The Morgan fingerprint density at radius 1 is 1.30 bits per heavy atom. The number of aromatic nitrogens is 2. The number of carbonyl (C=O) groups is 1. The highest BCUT2D eigenvalue weighted by molar-refractivity contribution is 6.32. The Kier molecular flexibility index (Phi) is 5.56. The summed E-state index contributed by atoms with van der Waals surface area (Å²) in [4.78, 5) is 17.1. The molecule has 1 amide bonds. The van der Waals surface area contributed by atoms with Crippen LogP contribution in [-0.2, 0) is 13.6 Å². The molecule has 0 unspecified atom stereocenters. The summed E-state index contributed by atoms with van der Waals surface area (Å²) in [7, 11) is 3.44. The summed E-state index contributed by atoms with van der Waals surface area (Å²) in [5.74, 6) is 1.35. The van der Waals surface area contributed by atoms with Gasteiger partial charge in [0, 0.05) is 12.6 Å². The molecule has 1 N–H and O–H groups in total. The van der Waals surface area contributed by atoms with Crippen LogP contribution < -0.4 is 14.8 Å². The van der Waals surface area contributed by atoms with E-state index in [0.29, 0.717) is 28.6 Å². The van der Waals surface area contributed by atoms with E-state index < -0.39 is 0 Å². The topological polar surface area (TPSA) is 65.4 Å². The Morgan fingerprint density at radius 3 is 2.70 bits per heavy atom. The van der Waals surface area contributed by atoms with Crippen molar-refractivity contribution in [1.82, 2.24) is 14.9 Å². The minimum absolute atomic E-state index is 0.0615. The number of hydrogen-bond acceptors (Lipinski definition) is 4. The summed E-state index contributed by atoms with van der Waals surface area (Å²) in [6, 6.07) is 11.0. The number of fused-ring (bicyclic) bond motifs is 1. The minimum Gasteiger partial charge on any atom is -0.493 e. The highest BCUT2D eigenvalue weighted by Crippen LogP contribution is 2.37. The largest absolute Gasteiger partial charge is 0.493 e. The van der Waals surface area contributed by atoms with Crippen molar-refractivity contribution in [2.45, 2.75) is 26.5 Å². The molecular weight excluding hydrogens is 366 g/mol. The number of ether oxygens (including phenoxy) is 2. The van der Waals surface area contributed by atoms with Gasteiger partial charge < -0.3 is 19.4 Å². The number of imidazole rings is 1. The first-order valence-electron chi connectivity index (χ1n) is 8.63. The summed E-state index contributed by atoms with van der Waals surface area (Å²) in [5.41, 5.74) is 2.30. The van der Waals surface area contributed by atoms with Crippen LogP contribution in [0.1, 0.15) is 30.0 Å². The third-order valence-corrected chi connectivity index (χ3v) is 4.41. The molecule has 0 spiro atoms. The molecule has 142 valence electrons. The van der Waals surface area contributed by atoms with Crippen LogP contribution in [0.5, 0.6) is 11.5 Å². The number of hydrogen-bond donors (Lipinski definition) is 1. The maximum atomic E-state index is 12.6. The fourth-order valence-corrected chi connectivity index (χ4v) is 3.07. The number of aryl methyl sites for hydroxylation is 1. The quantitative estimate of drug-likeness (QED) is 0.695. The van der Waals surface area contributed by atoms with Crippen molar-refractivity contribution in [2.24, 2.45) is 7.05 Å². The van der Waals surface area contributed by atoms with Crippen molar-refractivity contribution >= 4 is 28.5 Å². The molecule has 0 fully saturated rings. The summed E-state index contributed by atoms with van der Waals surface area (Å²) in [6.07, 6.45) is -0.0615. The molecule has 0 aliphatic rings. The molecule has 3 rings (SSSR count). The summed E-state index contributed by atoms with van der Waals surface area (Å²) in [5, 5.41) is 3.21. The van der Waals surface area contributed by atoms with E-state index >= 15 is 0 Å². The first kappa shape index (κ1) is 19.0. The average molecular weight is 388 g/mol. The molecule has 0 aliphatic carbocycles. The standard InChI is InChI=1S/C20H22ClN3O3/c1-12(2)27-19-14(21)9-13(10-17(19)26-4)20(25)22-11-18-23-15-7-5-6-8-16(15)24(18)3/h5-10,12H,11H2,1-4H3,(H,22,25). The van der Waals surface area contributed by atoms with Gasteiger partial charge in [0.15, 0.2) is 11.5 Å². The van der Waals surface area contributed by atoms with Crippen molar-refractivity contribution < 1.29 is 14.3 Å². The molecule has 1 heterocycles. The maximum absolute atomic E-state index is 12.6. The Labute approximate surface area is 163 Å². The van der Waals surface area contributed by atoms with Crippen LogP contribution in [0.25, 0.3) is 11.0 Å². The number of benzene rings is 2. The normalized spacial score (nSPS) is 11.0. The fourth-order valence-electron chi connectivity index (χ4n) is 2.82. The Bertz CT molecular complexity index is 982. The van der Waals surface area contributed by atoms with E-state index in [-0.39, 0.29) is 12.0 Å². The van der Waals surface area contributed by atoms with Crippen LogP contribution in [0.4, 0.5) is 0 Å². The third kappa shape index (κ3) is 4.01. The molecule has 0 saturated carbocycles. The molecule has 0 bridgehead atoms. The number of nitrogens with zero attached hydrogens (tertiary/aromatic N) is 2. The predicted octanol–water partition coefficient (Wildman–Crippen LogP) is 3.95. The second-order valence-electron chi connectivity index (χ2n) is 6.41. The van der Waals surface area contributed by atoms with Crippen molar-refractivity contribution in [3.05, 3.63) is 52.8 Å². The molecule has 6 nitrogen and oxygen atoms in total. The number of methoxy groups -OCH3 is 1. The van der Waals surface area contributed by atoms with Gasteiger partial charge in [0.25, 0.3) is 5.91 Å². The SMILES string of the molecule is COc1cc(C(=O)NCc2nc3ccccc3n2C)cc(Cl)c1OC(C)C. The molecule has 0 radical (unpaired) electrons. The molecule has 1 aromatic heterocycles. The summed E-state index contributed by atoms with van der Waals surface area (Å²) >= 11 is 6.30. The molecule has 3 aromatic rings. The van der Waals surface area contributed by atoms with Gasteiger partial charge in [-0.25, -0.2) is 4.98 Å². The van der Waals surface area contributed by atoms with E-state index in [4.69, 9.17) is 21.1 Å². The number of amides is 1. The fraction of sp³-hybridized carbons (Fsp3) is 0.300. The monoisotopic (exact) mass is 387 g/mol. The van der Waals surface area contributed by atoms with E-state index in [9.17, 15) is 4.79 Å². The van der Waals surface area contributed by atoms with Crippen LogP contribution in [0.2, 0.25) is 5.02 Å². The smallest absolute Gasteiger partial charge is 0.251 e. The van der Waals surface area contributed by atoms with E-state index in [1.54, 1.807) is 12.1 Å². The van der Waals surface area contributed by atoms with Gasteiger partial charge in [0.2, 0.25) is 0 Å². The number of halogens is 1. The predicted molar refractivity (Wildman–Crippen MR) is 106 cm³/mol. The lowest BCUT2D eigenvalue weighted by molar-refractivity contribution is 0.0949. The average Bonchev–Trinajstić information content (AvgIpc) is 2.97. The first-order valence-corrected chi connectivity index (χ1v) is 9.01. The highest BCUT2D eigenvalue weighted by atomic mass is 35.5. The third-order valence-electron chi connectivity index (χ3n) is 4.13. The lowest BCUT2D eigenvalue weighted by atomic mass is 10.2. The molecular formula is C20H22ClN3O3. The zero-order valence-electron chi connectivity index (χ0n) is 15.7. The van der Waals surface area contributed by atoms with E-state index in [1.165, 1.54) is 7.11 Å². The molecule has 2 aromatic carbocycles. The van der Waals surface area contributed by atoms with Gasteiger partial charge in [-0.15, -0.1) is 0 Å². The molecule has 0 saturated heterocycles. The Balaban J connectivity index is 1.79. The highest BCUT2D eigenvalue weighted by Gasteiger charge is 2.17. The summed E-state index contributed by atoms with van der Waals surface area (Å²) < 4.78 is 13.0. The first-order chi connectivity index (χ1) is 12.9. The zero-order chi connectivity index (χ0) is 19.6. The van der Waals surface area contributed by atoms with Crippen LogP contribution in [0.3, 0.4) is 0 Å². The second kappa shape index (κ2) is 7.88. The van der Waals surface area contributed by atoms with Crippen LogP contribution in [-0.4, -0.2) is 28.7 Å². The lowest BCUT2D eigenvalue weighted by Crippen LogP contribution is -2.24. The molecule has 7 heteroatoms. The maximum Gasteiger partial charge on any atom is 0.251 e. The second-order valence-corrected chi connectivity index (χ2v) is 6.82. The van der Waals surface area contributed by atoms with Gasteiger partial charge in [0.1, 0.15) is 5.82 Å². The minimum atomic E-state index is -0.265. The number of para-hydroxylation sites is 2. The van der Waals surface area contributed by atoms with Crippen molar-refractivity contribution in [3.63, 3.8) is 0 Å². The van der Waals surface area contributed by atoms with E-state index in [0.717, 1.165) is 16.9 Å². The lowest BCUT2D eigenvalue weighted by Gasteiger charge is -2.16. The van der Waals surface area contributed by atoms with Gasteiger partial charge in [-0.1, -0.05) is 23.7 Å². The van der Waals surface area contributed by atoms with E-state index in [2.05, 4.69) is 10.3 Å². The van der Waals surface area contributed by atoms with Gasteiger partial charge in [-0.3, -0.25) is 4.79 Å². The number of nitrogens with one attached hydrogen (secondary N) is 1. The van der Waals surface area contributed by atoms with E-state index in [1.807, 2.05) is 49.7 Å². The van der Waals surface area contributed by atoms with Gasteiger partial charge in [-0.05, 0) is 38.1 Å². The van der Waals surface area contributed by atoms with Crippen LogP contribution in [0.15, 0.2) is 36.4 Å². The van der Waals surface area contributed by atoms with Crippen molar-refractivity contribution in [3.8, 4) is 11.5 Å². The van der Waals surface area contributed by atoms with Gasteiger partial charge >= 0.3 is 0 Å².